The van der Waals surface area contributed by atoms with Gasteiger partial charge in [-0.05, 0) is 36.1 Å². The van der Waals surface area contributed by atoms with E-state index in [0.29, 0.717) is 13.1 Å². The molecule has 136 valence electrons. The number of ether oxygens (including phenoxy) is 1. The number of carbonyl (C=O) groups excluding carboxylic acids is 1. The smallest absolute Gasteiger partial charge is 0.311 e. The minimum atomic E-state index is -0.474. The highest BCUT2D eigenvalue weighted by atomic mass is 16.6. The summed E-state index contributed by atoms with van der Waals surface area (Å²) in [6, 6.07) is 12.7. The first-order valence-electron chi connectivity index (χ1n) is 8.50. The van der Waals surface area contributed by atoms with Crippen LogP contribution in [0.2, 0.25) is 0 Å². The second-order valence-corrected chi connectivity index (χ2v) is 6.14. The van der Waals surface area contributed by atoms with Crippen molar-refractivity contribution >= 4 is 17.3 Å². The number of para-hydroxylation sites is 1. The number of aryl methyl sites for hydroxylation is 1. The van der Waals surface area contributed by atoms with Gasteiger partial charge in [0.05, 0.1) is 18.6 Å². The largest absolute Gasteiger partial charge is 0.490 e. The van der Waals surface area contributed by atoms with E-state index in [9.17, 15) is 14.9 Å². The number of benzene rings is 2. The number of methoxy groups -OCH3 is 1. The molecule has 2 aromatic carbocycles. The zero-order chi connectivity index (χ0) is 18.5. The molecule has 1 N–H and O–H groups in total. The Morgan fingerprint density at radius 1 is 1.31 bits per heavy atom. The van der Waals surface area contributed by atoms with Gasteiger partial charge >= 0.3 is 5.69 Å². The third-order valence-corrected chi connectivity index (χ3v) is 4.46. The topological polar surface area (TPSA) is 84.7 Å². The number of anilines is 1. The van der Waals surface area contributed by atoms with Gasteiger partial charge in [-0.1, -0.05) is 24.3 Å². The first kappa shape index (κ1) is 17.9. The van der Waals surface area contributed by atoms with E-state index >= 15 is 0 Å². The number of carbonyl (C=O) groups is 1. The number of nitro groups is 1. The van der Waals surface area contributed by atoms with Crippen molar-refractivity contribution in [3.63, 3.8) is 0 Å². The molecule has 7 nitrogen and oxygen atoms in total. The number of hydrogen-bond acceptors (Lipinski definition) is 5. The van der Waals surface area contributed by atoms with Crippen LogP contribution >= 0.6 is 0 Å². The molecule has 0 unspecified atom stereocenters. The number of amides is 1. The summed E-state index contributed by atoms with van der Waals surface area (Å²) >= 11 is 0. The molecule has 1 aliphatic rings. The summed E-state index contributed by atoms with van der Waals surface area (Å²) in [4.78, 5) is 25.0. The zero-order valence-corrected chi connectivity index (χ0v) is 14.6. The lowest BCUT2D eigenvalue weighted by Gasteiger charge is -2.29. The second-order valence-electron chi connectivity index (χ2n) is 6.14. The average Bonchev–Trinajstić information content (AvgIpc) is 2.67. The van der Waals surface area contributed by atoms with Gasteiger partial charge in [0.2, 0.25) is 5.91 Å². The fourth-order valence-corrected chi connectivity index (χ4v) is 3.19. The Bertz CT molecular complexity index is 822. The number of nitrogens with one attached hydrogen (secondary N) is 1. The van der Waals surface area contributed by atoms with E-state index in [1.54, 1.807) is 12.1 Å². The first-order chi connectivity index (χ1) is 12.6. The van der Waals surface area contributed by atoms with E-state index in [4.69, 9.17) is 4.74 Å². The van der Waals surface area contributed by atoms with Crippen molar-refractivity contribution in [3.8, 4) is 5.75 Å². The molecule has 0 bridgehead atoms. The summed E-state index contributed by atoms with van der Waals surface area (Å²) in [6.07, 6.45) is 1.94. The summed E-state index contributed by atoms with van der Waals surface area (Å²) in [5.41, 5.74) is 2.82. The molecule has 0 spiro atoms. The van der Waals surface area contributed by atoms with Crippen LogP contribution in [0, 0.1) is 10.1 Å². The maximum atomic E-state index is 12.6. The molecule has 0 aliphatic carbocycles. The highest BCUT2D eigenvalue weighted by molar-refractivity contribution is 5.95. The molecule has 0 fully saturated rings. The van der Waals surface area contributed by atoms with Crippen LogP contribution in [0.15, 0.2) is 42.5 Å². The predicted octanol–water partition coefficient (Wildman–Crippen LogP) is 2.67. The van der Waals surface area contributed by atoms with E-state index in [1.165, 1.54) is 18.7 Å². The van der Waals surface area contributed by atoms with Gasteiger partial charge in [-0.2, -0.15) is 0 Å². The normalized spacial score (nSPS) is 13.2. The van der Waals surface area contributed by atoms with Crippen molar-refractivity contribution in [2.24, 2.45) is 0 Å². The molecule has 1 amide bonds. The van der Waals surface area contributed by atoms with Gasteiger partial charge in [0, 0.05) is 24.8 Å². The molecule has 0 aromatic heterocycles. The lowest BCUT2D eigenvalue weighted by molar-refractivity contribution is -0.385. The van der Waals surface area contributed by atoms with Crippen LogP contribution < -0.4 is 15.0 Å². The fraction of sp³-hybridized carbons (Fsp3) is 0.316. The van der Waals surface area contributed by atoms with Crippen molar-refractivity contribution < 1.29 is 14.5 Å². The van der Waals surface area contributed by atoms with E-state index < -0.39 is 4.92 Å². The summed E-state index contributed by atoms with van der Waals surface area (Å²) in [5, 5.41) is 14.2. The minimum absolute atomic E-state index is 0.000149. The van der Waals surface area contributed by atoms with Gasteiger partial charge in [0.25, 0.3) is 0 Å². The van der Waals surface area contributed by atoms with Gasteiger partial charge in [-0.3, -0.25) is 14.9 Å². The van der Waals surface area contributed by atoms with E-state index in [1.807, 2.05) is 23.1 Å². The van der Waals surface area contributed by atoms with Crippen molar-refractivity contribution in [2.45, 2.75) is 19.4 Å². The van der Waals surface area contributed by atoms with Gasteiger partial charge in [0.15, 0.2) is 5.75 Å². The Morgan fingerprint density at radius 3 is 2.88 bits per heavy atom. The molecular weight excluding hydrogens is 334 g/mol. The zero-order valence-electron chi connectivity index (χ0n) is 14.6. The van der Waals surface area contributed by atoms with Crippen molar-refractivity contribution in [1.82, 2.24) is 5.32 Å². The Labute approximate surface area is 151 Å². The van der Waals surface area contributed by atoms with Crippen LogP contribution in [0.1, 0.15) is 17.5 Å². The molecule has 26 heavy (non-hydrogen) atoms. The molecule has 0 radical (unpaired) electrons. The Hall–Kier alpha value is -2.93. The molecule has 1 heterocycles. The first-order valence-corrected chi connectivity index (χ1v) is 8.50. The highest BCUT2D eigenvalue weighted by Gasteiger charge is 2.21. The number of fused-ring (bicyclic) bond motifs is 1. The van der Waals surface area contributed by atoms with Crippen molar-refractivity contribution in [3.05, 3.63) is 63.7 Å². The molecule has 0 saturated heterocycles. The van der Waals surface area contributed by atoms with Crippen molar-refractivity contribution in [1.29, 1.82) is 0 Å². The lowest BCUT2D eigenvalue weighted by atomic mass is 10.0. The maximum absolute atomic E-state index is 12.6. The summed E-state index contributed by atoms with van der Waals surface area (Å²) < 4.78 is 4.99. The van der Waals surface area contributed by atoms with Gasteiger partial charge in [-0.25, -0.2) is 0 Å². The van der Waals surface area contributed by atoms with Crippen LogP contribution in [-0.2, 0) is 17.8 Å². The van der Waals surface area contributed by atoms with E-state index in [2.05, 4.69) is 11.4 Å². The van der Waals surface area contributed by atoms with Crippen LogP contribution in [0.4, 0.5) is 11.4 Å². The Kier molecular flexibility index (Phi) is 5.48. The Morgan fingerprint density at radius 2 is 2.12 bits per heavy atom. The molecule has 1 aliphatic heterocycles. The fourth-order valence-electron chi connectivity index (χ4n) is 3.19. The van der Waals surface area contributed by atoms with Crippen LogP contribution in [0.5, 0.6) is 5.75 Å². The van der Waals surface area contributed by atoms with Gasteiger partial charge < -0.3 is 15.0 Å². The van der Waals surface area contributed by atoms with E-state index in [0.717, 1.165) is 24.1 Å². The molecular formula is C19H21N3O4. The third kappa shape index (κ3) is 3.83. The second kappa shape index (κ2) is 7.97. The molecule has 0 saturated carbocycles. The SMILES string of the molecule is COc1ccc(CNCC(=O)N2CCCc3ccccc32)cc1[N+](=O)[O-]. The predicted molar refractivity (Wildman–Crippen MR) is 98.5 cm³/mol. The number of hydrogen-bond donors (Lipinski definition) is 1. The number of nitrogens with zero attached hydrogens (tertiary/aromatic N) is 2. The molecule has 0 atom stereocenters. The summed E-state index contributed by atoms with van der Waals surface area (Å²) in [7, 11) is 1.40. The molecule has 3 rings (SSSR count). The van der Waals surface area contributed by atoms with E-state index in [-0.39, 0.29) is 23.9 Å². The lowest BCUT2D eigenvalue weighted by Crippen LogP contribution is -2.41. The monoisotopic (exact) mass is 355 g/mol. The van der Waals surface area contributed by atoms with Gasteiger partial charge in [-0.15, -0.1) is 0 Å². The Balaban J connectivity index is 1.61. The quantitative estimate of drug-likeness (QED) is 0.636. The van der Waals surface area contributed by atoms with Crippen LogP contribution in [-0.4, -0.2) is 31.0 Å². The minimum Gasteiger partial charge on any atom is -0.490 e. The number of rotatable bonds is 6. The summed E-state index contributed by atoms with van der Waals surface area (Å²) in [5.74, 6) is 0.222. The average molecular weight is 355 g/mol. The molecule has 2 aromatic rings. The maximum Gasteiger partial charge on any atom is 0.311 e. The highest BCUT2D eigenvalue weighted by Crippen LogP contribution is 2.28. The van der Waals surface area contributed by atoms with Crippen LogP contribution in [0.3, 0.4) is 0 Å². The van der Waals surface area contributed by atoms with Gasteiger partial charge in [0.1, 0.15) is 0 Å². The summed E-state index contributed by atoms with van der Waals surface area (Å²) in [6.45, 7) is 1.26. The van der Waals surface area contributed by atoms with Crippen LogP contribution in [0.25, 0.3) is 0 Å². The van der Waals surface area contributed by atoms with Crippen molar-refractivity contribution in [2.75, 3.05) is 25.1 Å². The number of nitro benzene ring substituents is 1. The molecule has 7 heteroatoms. The standard InChI is InChI=1S/C19H21N3O4/c1-26-18-9-8-14(11-17(18)22(24)25)12-20-13-19(23)21-10-4-6-15-5-2-3-7-16(15)21/h2-3,5,7-9,11,20H,4,6,10,12-13H2,1H3. The third-order valence-electron chi connectivity index (χ3n) is 4.46.